The van der Waals surface area contributed by atoms with Crippen LogP contribution in [0.3, 0.4) is 0 Å². The fourth-order valence-electron chi connectivity index (χ4n) is 5.15. The second-order valence-corrected chi connectivity index (χ2v) is 14.1. The van der Waals surface area contributed by atoms with Gasteiger partial charge in [0, 0.05) is 31.1 Å². The van der Waals surface area contributed by atoms with Crippen LogP contribution < -0.4 is 16.0 Å². The average Bonchev–Trinajstić information content (AvgIpc) is 3.41. The van der Waals surface area contributed by atoms with Crippen LogP contribution >= 0.6 is 46.3 Å². The van der Waals surface area contributed by atoms with Gasteiger partial charge in [-0.1, -0.05) is 60.5 Å². The summed E-state index contributed by atoms with van der Waals surface area (Å²) in [6, 6.07) is 20.4. The van der Waals surface area contributed by atoms with Crippen LogP contribution in [-0.4, -0.2) is 36.1 Å². The molecule has 0 saturated heterocycles. The minimum Gasteiger partial charge on any atom is -0.462 e. The zero-order valence-electron chi connectivity index (χ0n) is 26.2. The SMILES string of the molecule is CCOC(=O)c1c(NC(=O)CSc2cccc(NC(=O)/C(=C\c3ccc(Cl)cc3Cl)NC(=O)c3ccccc3)c2)sc2c1CCC(C)C2. The summed E-state index contributed by atoms with van der Waals surface area (Å²) in [6.45, 7) is 4.20. The maximum absolute atomic E-state index is 13.5. The van der Waals surface area contributed by atoms with E-state index in [2.05, 4.69) is 22.9 Å². The molecule has 5 rings (SSSR count). The number of esters is 1. The molecule has 0 bridgehead atoms. The number of halogens is 2. The quantitative estimate of drug-likeness (QED) is 0.0813. The van der Waals surface area contributed by atoms with Crippen LogP contribution in [0, 0.1) is 5.92 Å². The lowest BCUT2D eigenvalue weighted by Crippen LogP contribution is -2.30. The molecule has 0 spiro atoms. The third-order valence-corrected chi connectivity index (χ3v) is 10.2. The van der Waals surface area contributed by atoms with Gasteiger partial charge in [0.05, 0.1) is 17.9 Å². The molecule has 1 aliphatic carbocycles. The van der Waals surface area contributed by atoms with Crippen molar-refractivity contribution in [1.82, 2.24) is 5.32 Å². The fraction of sp³-hybridized carbons (Fsp3) is 0.222. The van der Waals surface area contributed by atoms with Gasteiger partial charge in [-0.25, -0.2) is 4.79 Å². The molecule has 8 nitrogen and oxygen atoms in total. The fourth-order valence-corrected chi connectivity index (χ4v) is 7.78. The molecule has 12 heteroatoms. The van der Waals surface area contributed by atoms with E-state index >= 15 is 0 Å². The van der Waals surface area contributed by atoms with E-state index in [-0.39, 0.29) is 24.0 Å². The van der Waals surface area contributed by atoms with Gasteiger partial charge < -0.3 is 20.7 Å². The summed E-state index contributed by atoms with van der Waals surface area (Å²) in [5.74, 6) is -1.13. The molecule has 248 valence electrons. The Balaban J connectivity index is 1.28. The van der Waals surface area contributed by atoms with Crippen molar-refractivity contribution in [3.63, 3.8) is 0 Å². The third kappa shape index (κ3) is 9.08. The number of thiophene rings is 1. The van der Waals surface area contributed by atoms with E-state index < -0.39 is 17.8 Å². The van der Waals surface area contributed by atoms with E-state index in [0.29, 0.717) is 43.3 Å². The maximum Gasteiger partial charge on any atom is 0.341 e. The summed E-state index contributed by atoms with van der Waals surface area (Å²) < 4.78 is 5.32. The number of fused-ring (bicyclic) bond motifs is 1. The monoisotopic (exact) mass is 721 g/mol. The zero-order chi connectivity index (χ0) is 34.2. The van der Waals surface area contributed by atoms with E-state index in [0.717, 1.165) is 34.6 Å². The second-order valence-electron chi connectivity index (χ2n) is 11.1. The van der Waals surface area contributed by atoms with Crippen LogP contribution in [0.15, 0.2) is 83.4 Å². The van der Waals surface area contributed by atoms with Crippen LogP contribution in [0.4, 0.5) is 10.7 Å². The lowest BCUT2D eigenvalue weighted by atomic mass is 9.88. The summed E-state index contributed by atoms with van der Waals surface area (Å²) in [5, 5.41) is 9.72. The number of hydrogen-bond donors (Lipinski definition) is 3. The van der Waals surface area contributed by atoms with Gasteiger partial charge in [-0.15, -0.1) is 23.1 Å². The van der Waals surface area contributed by atoms with Crippen LogP contribution in [0.1, 0.15) is 57.0 Å². The highest BCUT2D eigenvalue weighted by molar-refractivity contribution is 8.00. The molecule has 1 unspecified atom stereocenters. The Hall–Kier alpha value is -4.09. The first-order chi connectivity index (χ1) is 23.1. The normalized spacial score (nSPS) is 14.1. The van der Waals surface area contributed by atoms with E-state index in [9.17, 15) is 19.2 Å². The van der Waals surface area contributed by atoms with E-state index in [4.69, 9.17) is 27.9 Å². The van der Waals surface area contributed by atoms with Crippen LogP contribution in [0.2, 0.25) is 10.0 Å². The lowest BCUT2D eigenvalue weighted by Gasteiger charge is -2.18. The van der Waals surface area contributed by atoms with Gasteiger partial charge in [-0.05, 0) is 91.8 Å². The Morgan fingerprint density at radius 3 is 2.54 bits per heavy atom. The van der Waals surface area contributed by atoms with Crippen LogP contribution in [0.5, 0.6) is 0 Å². The number of carbonyl (C=O) groups excluding carboxylic acids is 4. The Morgan fingerprint density at radius 2 is 1.79 bits per heavy atom. The van der Waals surface area contributed by atoms with Crippen molar-refractivity contribution in [2.24, 2.45) is 5.92 Å². The van der Waals surface area contributed by atoms with Crippen LogP contribution in [-0.2, 0) is 27.2 Å². The molecule has 0 radical (unpaired) electrons. The minimum atomic E-state index is -0.576. The summed E-state index contributed by atoms with van der Waals surface area (Å²) in [7, 11) is 0. The van der Waals surface area contributed by atoms with E-state index in [1.165, 1.54) is 29.2 Å². The van der Waals surface area contributed by atoms with Crippen molar-refractivity contribution in [2.45, 2.75) is 38.0 Å². The summed E-state index contributed by atoms with van der Waals surface area (Å²) in [6.07, 6.45) is 4.11. The van der Waals surface area contributed by atoms with Crippen molar-refractivity contribution in [1.29, 1.82) is 0 Å². The second kappa shape index (κ2) is 16.3. The van der Waals surface area contributed by atoms with E-state index in [1.54, 1.807) is 73.7 Å². The van der Waals surface area contributed by atoms with Crippen molar-refractivity contribution in [2.75, 3.05) is 23.0 Å². The summed E-state index contributed by atoms with van der Waals surface area (Å²) in [5.41, 5.74) is 2.74. The highest BCUT2D eigenvalue weighted by Crippen LogP contribution is 2.40. The number of nitrogens with one attached hydrogen (secondary N) is 3. The highest BCUT2D eigenvalue weighted by atomic mass is 35.5. The molecule has 0 aliphatic heterocycles. The van der Waals surface area contributed by atoms with Gasteiger partial charge in [0.2, 0.25) is 5.91 Å². The first-order valence-electron chi connectivity index (χ1n) is 15.3. The number of amides is 3. The number of hydrogen-bond acceptors (Lipinski definition) is 7. The smallest absolute Gasteiger partial charge is 0.341 e. The number of anilines is 2. The molecule has 3 amide bonds. The predicted octanol–water partition coefficient (Wildman–Crippen LogP) is 8.50. The first kappa shape index (κ1) is 35.2. The van der Waals surface area contributed by atoms with Crippen molar-refractivity contribution >= 4 is 86.8 Å². The Bertz CT molecular complexity index is 1880. The molecule has 4 aromatic rings. The summed E-state index contributed by atoms with van der Waals surface area (Å²) >= 11 is 15.1. The number of benzene rings is 3. The molecule has 0 saturated carbocycles. The molecule has 3 N–H and O–H groups in total. The van der Waals surface area contributed by atoms with Gasteiger partial charge in [-0.3, -0.25) is 14.4 Å². The highest BCUT2D eigenvalue weighted by Gasteiger charge is 2.29. The van der Waals surface area contributed by atoms with Crippen molar-refractivity contribution < 1.29 is 23.9 Å². The Labute approximate surface area is 297 Å². The number of ether oxygens (including phenoxy) is 1. The third-order valence-electron chi connectivity index (χ3n) is 7.50. The van der Waals surface area contributed by atoms with Gasteiger partial charge in [0.1, 0.15) is 10.7 Å². The standard InChI is InChI=1S/C36H33Cl2N3O5S2/c1-3-46-36(45)32-27-15-12-21(2)16-30(27)48-35(32)41-31(42)20-47-26-11-7-10-25(19-26)39-34(44)29(17-23-13-14-24(37)18-28(23)38)40-33(43)22-8-5-4-6-9-22/h4-11,13-14,17-19,21H,3,12,15-16,20H2,1-2H3,(H,39,44)(H,40,43)(H,41,42)/b29-17+. The topological polar surface area (TPSA) is 114 Å². The molecule has 48 heavy (non-hydrogen) atoms. The molecule has 1 aromatic heterocycles. The number of carbonyl (C=O) groups is 4. The maximum atomic E-state index is 13.5. The Morgan fingerprint density at radius 1 is 1.00 bits per heavy atom. The first-order valence-corrected chi connectivity index (χ1v) is 17.9. The largest absolute Gasteiger partial charge is 0.462 e. The molecule has 3 aromatic carbocycles. The molecule has 1 atom stereocenters. The molecule has 1 aliphatic rings. The number of thioether (sulfide) groups is 1. The zero-order valence-corrected chi connectivity index (χ0v) is 29.4. The average molecular weight is 723 g/mol. The molecular weight excluding hydrogens is 689 g/mol. The molecular formula is C36H33Cl2N3O5S2. The van der Waals surface area contributed by atoms with Crippen molar-refractivity contribution in [3.05, 3.63) is 116 Å². The Kier molecular flexibility index (Phi) is 12.0. The summed E-state index contributed by atoms with van der Waals surface area (Å²) in [4.78, 5) is 54.3. The lowest BCUT2D eigenvalue weighted by molar-refractivity contribution is -0.114. The molecule has 1 heterocycles. The van der Waals surface area contributed by atoms with Crippen molar-refractivity contribution in [3.8, 4) is 0 Å². The number of rotatable bonds is 11. The predicted molar refractivity (Wildman–Crippen MR) is 194 cm³/mol. The van der Waals surface area contributed by atoms with Gasteiger partial charge in [0.25, 0.3) is 11.8 Å². The molecule has 0 fully saturated rings. The van der Waals surface area contributed by atoms with Gasteiger partial charge >= 0.3 is 5.97 Å². The minimum absolute atomic E-state index is 0.0315. The van der Waals surface area contributed by atoms with Crippen LogP contribution in [0.25, 0.3) is 6.08 Å². The van der Waals surface area contributed by atoms with Gasteiger partial charge in [-0.2, -0.15) is 0 Å². The van der Waals surface area contributed by atoms with E-state index in [1.807, 2.05) is 6.07 Å². The van der Waals surface area contributed by atoms with Gasteiger partial charge in [0.15, 0.2) is 0 Å².